The number of fused-ring (bicyclic) bond motifs is 1. The van der Waals surface area contributed by atoms with Crippen LogP contribution in [0.25, 0.3) is 0 Å². The standard InChI is InChI=1S/C18H14BrClFN5OS/c1-9-23-24-18-26(9)25-15(10-2-5-12(20)6-3-10)16(28-18)17(27)22-14-7-4-11(19)8-13(14)21/h2-8,15-16,25H,1H3,(H,22,27)/t15-,16-/m0/s1. The lowest BCUT2D eigenvalue weighted by molar-refractivity contribution is -0.116. The van der Waals surface area contributed by atoms with Crippen molar-refractivity contribution in [3.63, 3.8) is 0 Å². The van der Waals surface area contributed by atoms with Crippen molar-refractivity contribution in [2.24, 2.45) is 0 Å². The maximum absolute atomic E-state index is 14.2. The van der Waals surface area contributed by atoms with E-state index in [9.17, 15) is 9.18 Å². The number of carbonyl (C=O) groups excluding carboxylic acids is 1. The van der Waals surface area contributed by atoms with Crippen molar-refractivity contribution in [3.05, 3.63) is 69.2 Å². The van der Waals surface area contributed by atoms with Crippen molar-refractivity contribution in [2.45, 2.75) is 23.4 Å². The summed E-state index contributed by atoms with van der Waals surface area (Å²) >= 11 is 10.5. The molecule has 1 aliphatic rings. The number of nitrogens with zero attached hydrogens (tertiary/aromatic N) is 3. The number of hydrogen-bond donors (Lipinski definition) is 2. The zero-order valence-electron chi connectivity index (χ0n) is 14.5. The lowest BCUT2D eigenvalue weighted by atomic mass is 10.0. The first kappa shape index (κ1) is 19.2. The van der Waals surface area contributed by atoms with Crippen LogP contribution in [0.4, 0.5) is 10.1 Å². The van der Waals surface area contributed by atoms with E-state index < -0.39 is 11.1 Å². The van der Waals surface area contributed by atoms with Gasteiger partial charge >= 0.3 is 0 Å². The van der Waals surface area contributed by atoms with Crippen LogP contribution >= 0.6 is 39.3 Å². The summed E-state index contributed by atoms with van der Waals surface area (Å²) in [6, 6.07) is 11.3. The molecule has 0 saturated heterocycles. The normalized spacial score (nSPS) is 18.3. The Bertz CT molecular complexity index is 1040. The molecule has 0 bridgehead atoms. The van der Waals surface area contributed by atoms with Crippen LogP contribution in [0.5, 0.6) is 0 Å². The molecule has 1 aliphatic heterocycles. The number of halogens is 3. The molecule has 2 heterocycles. The number of aryl methyl sites for hydroxylation is 1. The summed E-state index contributed by atoms with van der Waals surface area (Å²) in [5, 5.41) is 11.4. The van der Waals surface area contributed by atoms with Gasteiger partial charge < -0.3 is 10.7 Å². The Morgan fingerprint density at radius 1 is 1.29 bits per heavy atom. The van der Waals surface area contributed by atoms with Crippen LogP contribution in [0.3, 0.4) is 0 Å². The van der Waals surface area contributed by atoms with Gasteiger partial charge in [-0.1, -0.05) is 51.4 Å². The van der Waals surface area contributed by atoms with Crippen molar-refractivity contribution < 1.29 is 9.18 Å². The quantitative estimate of drug-likeness (QED) is 0.573. The minimum Gasteiger partial charge on any atom is -0.323 e. The molecular formula is C18H14BrClFN5OS. The number of hydrogen-bond acceptors (Lipinski definition) is 5. The molecule has 2 atom stereocenters. The molecule has 1 aromatic heterocycles. The maximum Gasteiger partial charge on any atom is 0.240 e. The van der Waals surface area contributed by atoms with Crippen LogP contribution in [0, 0.1) is 12.7 Å². The molecule has 0 fully saturated rings. The van der Waals surface area contributed by atoms with Gasteiger partial charge in [-0.2, -0.15) is 0 Å². The minimum absolute atomic E-state index is 0.117. The molecule has 0 aliphatic carbocycles. The van der Waals surface area contributed by atoms with E-state index >= 15 is 0 Å². The molecule has 10 heteroatoms. The molecule has 28 heavy (non-hydrogen) atoms. The fourth-order valence-electron chi connectivity index (χ4n) is 2.88. The van der Waals surface area contributed by atoms with E-state index in [0.717, 1.165) is 5.56 Å². The summed E-state index contributed by atoms with van der Waals surface area (Å²) in [4.78, 5) is 13.0. The number of thioether (sulfide) groups is 1. The molecule has 6 nitrogen and oxygen atoms in total. The Morgan fingerprint density at radius 2 is 2.04 bits per heavy atom. The third-order valence-corrected chi connectivity index (χ3v) is 6.24. The number of amides is 1. The van der Waals surface area contributed by atoms with E-state index in [2.05, 4.69) is 36.9 Å². The van der Waals surface area contributed by atoms with Crippen molar-refractivity contribution in [2.75, 3.05) is 10.7 Å². The van der Waals surface area contributed by atoms with E-state index in [1.807, 2.05) is 19.1 Å². The van der Waals surface area contributed by atoms with Gasteiger partial charge in [-0.05, 0) is 42.8 Å². The van der Waals surface area contributed by atoms with Crippen LogP contribution < -0.4 is 10.7 Å². The average molecular weight is 483 g/mol. The number of benzene rings is 2. The SMILES string of the molecule is Cc1nnc2n1N[C@@H](c1ccc(Cl)cc1)[C@@H](C(=O)Nc1ccc(Br)cc1F)S2. The zero-order valence-corrected chi connectivity index (χ0v) is 17.6. The summed E-state index contributed by atoms with van der Waals surface area (Å²) in [6.07, 6.45) is 0. The molecule has 0 radical (unpaired) electrons. The van der Waals surface area contributed by atoms with Crippen LogP contribution in [0.1, 0.15) is 17.4 Å². The highest BCUT2D eigenvalue weighted by molar-refractivity contribution is 9.10. The van der Waals surface area contributed by atoms with Crippen molar-refractivity contribution in [1.29, 1.82) is 0 Å². The Balaban J connectivity index is 1.67. The third-order valence-electron chi connectivity index (χ3n) is 4.28. The van der Waals surface area contributed by atoms with Gasteiger partial charge in [-0.15, -0.1) is 10.2 Å². The highest BCUT2D eigenvalue weighted by atomic mass is 79.9. The van der Waals surface area contributed by atoms with Gasteiger partial charge in [0, 0.05) is 9.50 Å². The number of aromatic nitrogens is 3. The van der Waals surface area contributed by atoms with Gasteiger partial charge in [0.2, 0.25) is 11.1 Å². The Morgan fingerprint density at radius 3 is 2.75 bits per heavy atom. The highest BCUT2D eigenvalue weighted by Gasteiger charge is 2.37. The van der Waals surface area contributed by atoms with Crippen LogP contribution in [0.15, 0.2) is 52.1 Å². The Kier molecular flexibility index (Phi) is 5.31. The number of anilines is 1. The second-order valence-corrected chi connectivity index (χ2v) is 8.64. The van der Waals surface area contributed by atoms with E-state index in [0.29, 0.717) is 20.5 Å². The molecule has 144 valence electrons. The van der Waals surface area contributed by atoms with Crippen LogP contribution in [-0.2, 0) is 4.79 Å². The topological polar surface area (TPSA) is 71.8 Å². The van der Waals surface area contributed by atoms with Crippen LogP contribution in [0.2, 0.25) is 5.02 Å². The molecule has 0 unspecified atom stereocenters. The third kappa shape index (κ3) is 3.74. The first-order valence-electron chi connectivity index (χ1n) is 8.29. The summed E-state index contributed by atoms with van der Waals surface area (Å²) in [5.74, 6) is -0.177. The molecule has 1 amide bonds. The summed E-state index contributed by atoms with van der Waals surface area (Å²) < 4.78 is 16.5. The van der Waals surface area contributed by atoms with E-state index in [4.69, 9.17) is 11.6 Å². The van der Waals surface area contributed by atoms with E-state index in [1.54, 1.807) is 22.9 Å². The first-order chi connectivity index (χ1) is 13.4. The predicted octanol–water partition coefficient (Wildman–Crippen LogP) is 4.54. The number of carbonyl (C=O) groups is 1. The van der Waals surface area contributed by atoms with Gasteiger partial charge in [0.15, 0.2) is 0 Å². The van der Waals surface area contributed by atoms with Crippen molar-refractivity contribution in [1.82, 2.24) is 14.9 Å². The number of rotatable bonds is 3. The Labute approximate surface area is 178 Å². The highest BCUT2D eigenvalue weighted by Crippen LogP contribution is 2.38. The number of nitrogens with one attached hydrogen (secondary N) is 2. The molecule has 2 aromatic carbocycles. The molecule has 0 spiro atoms. The second kappa shape index (κ2) is 7.73. The summed E-state index contributed by atoms with van der Waals surface area (Å²) in [7, 11) is 0. The monoisotopic (exact) mass is 481 g/mol. The fraction of sp³-hybridized carbons (Fsp3) is 0.167. The first-order valence-corrected chi connectivity index (χ1v) is 10.3. The zero-order chi connectivity index (χ0) is 19.8. The average Bonchev–Trinajstić information content (AvgIpc) is 3.04. The molecule has 2 N–H and O–H groups in total. The molecule has 3 aromatic rings. The van der Waals surface area contributed by atoms with Gasteiger partial charge in [0.25, 0.3) is 0 Å². The predicted molar refractivity (Wildman–Crippen MR) is 111 cm³/mol. The lowest BCUT2D eigenvalue weighted by Gasteiger charge is -2.32. The van der Waals surface area contributed by atoms with Crippen molar-refractivity contribution in [3.8, 4) is 0 Å². The smallest absolute Gasteiger partial charge is 0.240 e. The summed E-state index contributed by atoms with van der Waals surface area (Å²) in [6.45, 7) is 1.82. The van der Waals surface area contributed by atoms with Gasteiger partial charge in [0.1, 0.15) is 16.9 Å². The molecular weight excluding hydrogens is 469 g/mol. The maximum atomic E-state index is 14.2. The molecule has 4 rings (SSSR count). The fourth-order valence-corrected chi connectivity index (χ4v) is 4.46. The van der Waals surface area contributed by atoms with Crippen molar-refractivity contribution >= 4 is 50.9 Å². The van der Waals surface area contributed by atoms with Gasteiger partial charge in [-0.3, -0.25) is 4.79 Å². The van der Waals surface area contributed by atoms with E-state index in [-0.39, 0.29) is 17.6 Å². The van der Waals surface area contributed by atoms with Gasteiger partial charge in [-0.25, -0.2) is 9.07 Å². The lowest BCUT2D eigenvalue weighted by Crippen LogP contribution is -2.41. The largest absolute Gasteiger partial charge is 0.323 e. The Hall–Kier alpha value is -2.10. The van der Waals surface area contributed by atoms with Gasteiger partial charge in [0.05, 0.1) is 11.7 Å². The minimum atomic E-state index is -0.597. The van der Waals surface area contributed by atoms with E-state index in [1.165, 1.54) is 23.9 Å². The van der Waals surface area contributed by atoms with Crippen LogP contribution in [-0.4, -0.2) is 26.0 Å². The second-order valence-electron chi connectivity index (χ2n) is 6.18. The summed E-state index contributed by atoms with van der Waals surface area (Å²) in [5.41, 5.74) is 4.27. The molecule has 0 saturated carbocycles.